The minimum Gasteiger partial charge on any atom is -0.340 e. The number of carbonyl (C=O) groups excluding carboxylic acids is 1. The van der Waals surface area contributed by atoms with Crippen molar-refractivity contribution < 1.29 is 4.79 Å². The first-order valence-corrected chi connectivity index (χ1v) is 7.35. The number of nitrogens with zero attached hydrogens (tertiary/aromatic N) is 2. The van der Waals surface area contributed by atoms with Crippen LogP contribution in [0.5, 0.6) is 0 Å². The van der Waals surface area contributed by atoms with E-state index in [1.165, 1.54) is 17.4 Å². The van der Waals surface area contributed by atoms with Gasteiger partial charge in [0.1, 0.15) is 15.9 Å². The quantitative estimate of drug-likeness (QED) is 0.881. The standard InChI is InChI=1S/C11H12Cl2N4OS/c1-2-3-4-8-16-17-11(19-8)15-10(18)7-5-6(12)9(13)14-7/h5,14H,2-4H2,1H3,(H,15,17,18). The molecule has 19 heavy (non-hydrogen) atoms. The SMILES string of the molecule is CCCCc1nnc(NC(=O)c2cc(Cl)c(Cl)[nH]2)s1. The topological polar surface area (TPSA) is 70.7 Å². The van der Waals surface area contributed by atoms with Crippen LogP contribution in [0.15, 0.2) is 6.07 Å². The van der Waals surface area contributed by atoms with E-state index in [2.05, 4.69) is 27.4 Å². The van der Waals surface area contributed by atoms with Crippen molar-refractivity contribution in [2.24, 2.45) is 0 Å². The maximum absolute atomic E-state index is 11.9. The normalized spacial score (nSPS) is 10.7. The summed E-state index contributed by atoms with van der Waals surface area (Å²) in [6.07, 6.45) is 3.04. The fourth-order valence-corrected chi connectivity index (χ4v) is 2.51. The van der Waals surface area contributed by atoms with E-state index in [9.17, 15) is 4.79 Å². The minimum absolute atomic E-state index is 0.243. The summed E-state index contributed by atoms with van der Waals surface area (Å²) in [5, 5.41) is 12.5. The third-order valence-electron chi connectivity index (χ3n) is 2.40. The van der Waals surface area contributed by atoms with Gasteiger partial charge < -0.3 is 4.98 Å². The van der Waals surface area contributed by atoms with Crippen molar-refractivity contribution in [3.63, 3.8) is 0 Å². The number of aromatic nitrogens is 3. The molecule has 2 heterocycles. The second-order valence-corrected chi connectivity index (χ2v) is 5.75. The van der Waals surface area contributed by atoms with Gasteiger partial charge in [0, 0.05) is 6.42 Å². The van der Waals surface area contributed by atoms with Crippen LogP contribution in [0, 0.1) is 0 Å². The molecule has 102 valence electrons. The summed E-state index contributed by atoms with van der Waals surface area (Å²) >= 11 is 12.9. The zero-order valence-corrected chi connectivity index (χ0v) is 12.5. The average Bonchev–Trinajstić information content (AvgIpc) is 2.95. The first-order chi connectivity index (χ1) is 9.10. The average molecular weight is 319 g/mol. The van der Waals surface area contributed by atoms with E-state index in [0.717, 1.165) is 24.3 Å². The number of amides is 1. The lowest BCUT2D eigenvalue weighted by molar-refractivity contribution is 0.102. The summed E-state index contributed by atoms with van der Waals surface area (Å²) in [6.45, 7) is 2.11. The predicted octanol–water partition coefficient (Wildman–Crippen LogP) is 3.77. The highest BCUT2D eigenvalue weighted by atomic mass is 35.5. The molecule has 0 saturated carbocycles. The van der Waals surface area contributed by atoms with Gasteiger partial charge in [-0.25, -0.2) is 0 Å². The Labute approximate surface area is 124 Å². The van der Waals surface area contributed by atoms with Crippen LogP contribution in [-0.4, -0.2) is 21.1 Å². The molecule has 8 heteroatoms. The lowest BCUT2D eigenvalue weighted by Crippen LogP contribution is -2.11. The Bertz CT molecular complexity index is 562. The maximum atomic E-state index is 11.9. The van der Waals surface area contributed by atoms with Crippen LogP contribution in [0.2, 0.25) is 10.2 Å². The Hall–Kier alpha value is -1.11. The number of nitrogens with one attached hydrogen (secondary N) is 2. The van der Waals surface area contributed by atoms with Crippen LogP contribution < -0.4 is 5.32 Å². The maximum Gasteiger partial charge on any atom is 0.273 e. The lowest BCUT2D eigenvalue weighted by atomic mass is 10.3. The molecule has 0 atom stereocenters. The number of rotatable bonds is 5. The Morgan fingerprint density at radius 3 is 2.89 bits per heavy atom. The lowest BCUT2D eigenvalue weighted by Gasteiger charge is -1.97. The number of hydrogen-bond donors (Lipinski definition) is 2. The van der Waals surface area contributed by atoms with Crippen LogP contribution in [0.3, 0.4) is 0 Å². The number of aryl methyl sites for hydroxylation is 1. The van der Waals surface area contributed by atoms with Crippen molar-refractivity contribution in [1.82, 2.24) is 15.2 Å². The molecule has 0 radical (unpaired) electrons. The highest BCUT2D eigenvalue weighted by Crippen LogP contribution is 2.23. The van der Waals surface area contributed by atoms with Crippen molar-refractivity contribution in [2.45, 2.75) is 26.2 Å². The van der Waals surface area contributed by atoms with Gasteiger partial charge in [0.2, 0.25) is 5.13 Å². The number of H-pyrrole nitrogens is 1. The van der Waals surface area contributed by atoms with Crippen molar-refractivity contribution in [3.8, 4) is 0 Å². The molecule has 0 aliphatic rings. The summed E-state index contributed by atoms with van der Waals surface area (Å²) in [5.74, 6) is -0.341. The van der Waals surface area contributed by atoms with Crippen LogP contribution in [0.4, 0.5) is 5.13 Å². The molecule has 0 unspecified atom stereocenters. The van der Waals surface area contributed by atoms with Gasteiger partial charge in [-0.15, -0.1) is 10.2 Å². The Morgan fingerprint density at radius 1 is 1.47 bits per heavy atom. The van der Waals surface area contributed by atoms with Crippen molar-refractivity contribution in [1.29, 1.82) is 0 Å². The van der Waals surface area contributed by atoms with Gasteiger partial charge in [0.15, 0.2) is 0 Å². The van der Waals surface area contributed by atoms with Gasteiger partial charge in [-0.1, -0.05) is 47.9 Å². The Morgan fingerprint density at radius 2 is 2.26 bits per heavy atom. The highest BCUT2D eigenvalue weighted by Gasteiger charge is 2.14. The molecule has 0 bridgehead atoms. The Kier molecular flexibility index (Phi) is 4.79. The van der Waals surface area contributed by atoms with Crippen LogP contribution in [0.25, 0.3) is 0 Å². The van der Waals surface area contributed by atoms with Crippen molar-refractivity contribution in [2.75, 3.05) is 5.32 Å². The monoisotopic (exact) mass is 318 g/mol. The molecule has 0 aliphatic carbocycles. The first kappa shape index (κ1) is 14.3. The molecule has 2 rings (SSSR count). The third kappa shape index (κ3) is 3.68. The van der Waals surface area contributed by atoms with Crippen LogP contribution >= 0.6 is 34.5 Å². The number of halogens is 2. The molecule has 0 aliphatic heterocycles. The summed E-state index contributed by atoms with van der Waals surface area (Å²) < 4.78 is 0. The van der Waals surface area contributed by atoms with Gasteiger partial charge >= 0.3 is 0 Å². The van der Waals surface area contributed by atoms with E-state index < -0.39 is 0 Å². The summed E-state index contributed by atoms with van der Waals surface area (Å²) in [7, 11) is 0. The second-order valence-electron chi connectivity index (χ2n) is 3.90. The number of unbranched alkanes of at least 4 members (excludes halogenated alkanes) is 1. The fraction of sp³-hybridized carbons (Fsp3) is 0.364. The zero-order valence-electron chi connectivity index (χ0n) is 10.2. The molecule has 5 nitrogen and oxygen atoms in total. The fourth-order valence-electron chi connectivity index (χ4n) is 1.42. The molecule has 2 aromatic rings. The van der Waals surface area contributed by atoms with Gasteiger partial charge in [0.25, 0.3) is 5.91 Å². The molecule has 2 N–H and O–H groups in total. The van der Waals surface area contributed by atoms with E-state index in [0.29, 0.717) is 15.8 Å². The molecule has 0 saturated heterocycles. The van der Waals surface area contributed by atoms with E-state index in [-0.39, 0.29) is 11.1 Å². The Balaban J connectivity index is 2.00. The number of carbonyl (C=O) groups is 1. The van der Waals surface area contributed by atoms with Gasteiger partial charge in [-0.05, 0) is 12.5 Å². The van der Waals surface area contributed by atoms with Gasteiger partial charge in [-0.3, -0.25) is 10.1 Å². The molecular formula is C11H12Cl2N4OS. The third-order valence-corrected chi connectivity index (χ3v) is 3.99. The highest BCUT2D eigenvalue weighted by molar-refractivity contribution is 7.15. The van der Waals surface area contributed by atoms with Gasteiger partial charge in [-0.2, -0.15) is 0 Å². The van der Waals surface area contributed by atoms with Crippen LogP contribution in [-0.2, 0) is 6.42 Å². The molecule has 2 aromatic heterocycles. The molecule has 0 fully saturated rings. The smallest absolute Gasteiger partial charge is 0.273 e. The first-order valence-electron chi connectivity index (χ1n) is 5.78. The number of anilines is 1. The van der Waals surface area contributed by atoms with Crippen LogP contribution in [0.1, 0.15) is 35.3 Å². The van der Waals surface area contributed by atoms with E-state index in [1.54, 1.807) is 0 Å². The molecule has 0 spiro atoms. The molecule has 0 aromatic carbocycles. The van der Waals surface area contributed by atoms with E-state index in [4.69, 9.17) is 23.2 Å². The summed E-state index contributed by atoms with van der Waals surface area (Å²) in [4.78, 5) is 14.6. The van der Waals surface area contributed by atoms with Crippen molar-refractivity contribution in [3.05, 3.63) is 26.9 Å². The minimum atomic E-state index is -0.341. The zero-order chi connectivity index (χ0) is 13.8. The summed E-state index contributed by atoms with van der Waals surface area (Å²) in [6, 6.07) is 1.47. The molecule has 1 amide bonds. The largest absolute Gasteiger partial charge is 0.340 e. The van der Waals surface area contributed by atoms with Gasteiger partial charge in [0.05, 0.1) is 5.02 Å². The summed E-state index contributed by atoms with van der Waals surface area (Å²) in [5.41, 5.74) is 0.292. The molecular weight excluding hydrogens is 307 g/mol. The predicted molar refractivity (Wildman–Crippen MR) is 77.3 cm³/mol. The second kappa shape index (κ2) is 6.36. The number of hydrogen-bond acceptors (Lipinski definition) is 4. The number of aromatic amines is 1. The van der Waals surface area contributed by atoms with E-state index in [1.807, 2.05) is 0 Å². The van der Waals surface area contributed by atoms with E-state index >= 15 is 0 Å². The van der Waals surface area contributed by atoms with Crippen molar-refractivity contribution >= 4 is 45.6 Å².